The predicted octanol–water partition coefficient (Wildman–Crippen LogP) is 3.81. The van der Waals surface area contributed by atoms with Gasteiger partial charge in [-0.05, 0) is 44.9 Å². The summed E-state index contributed by atoms with van der Waals surface area (Å²) in [5.41, 5.74) is 2.24. The number of anilines is 2. The number of halogens is 1. The number of benzene rings is 1. The van der Waals surface area contributed by atoms with Gasteiger partial charge in [0.15, 0.2) is 5.82 Å². The molecule has 1 fully saturated rings. The Kier molecular flexibility index (Phi) is 5.68. The van der Waals surface area contributed by atoms with Crippen molar-refractivity contribution >= 4 is 33.4 Å². The lowest BCUT2D eigenvalue weighted by Crippen LogP contribution is -2.31. The van der Waals surface area contributed by atoms with E-state index >= 15 is 0 Å². The van der Waals surface area contributed by atoms with E-state index in [1.807, 2.05) is 19.9 Å². The number of hydrogen-bond acceptors (Lipinski definition) is 7. The number of aromatic nitrogens is 4. The summed E-state index contributed by atoms with van der Waals surface area (Å²) < 4.78 is 27.9. The van der Waals surface area contributed by atoms with Crippen LogP contribution in [0.5, 0.6) is 0 Å². The third-order valence-electron chi connectivity index (χ3n) is 4.84. The van der Waals surface area contributed by atoms with Crippen LogP contribution in [0.25, 0.3) is 0 Å². The van der Waals surface area contributed by atoms with Gasteiger partial charge in [-0.25, -0.2) is 23.4 Å². The van der Waals surface area contributed by atoms with Crippen LogP contribution in [0.3, 0.4) is 0 Å². The van der Waals surface area contributed by atoms with Gasteiger partial charge in [0.2, 0.25) is 16.0 Å². The van der Waals surface area contributed by atoms with Crippen LogP contribution < -0.4 is 5.32 Å². The van der Waals surface area contributed by atoms with Gasteiger partial charge in [-0.3, -0.25) is 4.98 Å². The molecule has 0 amide bonds. The summed E-state index contributed by atoms with van der Waals surface area (Å²) in [6.07, 6.45) is 4.54. The Hall–Kier alpha value is -2.62. The Bertz CT molecular complexity index is 1170. The fourth-order valence-corrected chi connectivity index (χ4v) is 5.77. The highest BCUT2D eigenvalue weighted by Crippen LogP contribution is 2.37. The summed E-state index contributed by atoms with van der Waals surface area (Å²) in [4.78, 5) is 17.6. The Morgan fingerprint density at radius 2 is 1.83 bits per heavy atom. The van der Waals surface area contributed by atoms with Crippen molar-refractivity contribution in [2.75, 3.05) is 11.9 Å². The zero-order valence-corrected chi connectivity index (χ0v) is 18.2. The first kappa shape index (κ1) is 20.6. The fraction of sp³-hybridized carbons (Fsp3) is 0.300. The van der Waals surface area contributed by atoms with Gasteiger partial charge in [0.05, 0.1) is 29.2 Å². The second-order valence-corrected chi connectivity index (χ2v) is 9.40. The third-order valence-corrected chi connectivity index (χ3v) is 7.25. The molecular formula is C20H21ClN6O2S. The van der Waals surface area contributed by atoms with Gasteiger partial charge >= 0.3 is 0 Å². The molecule has 30 heavy (non-hydrogen) atoms. The van der Waals surface area contributed by atoms with Crippen LogP contribution in [0, 0.1) is 13.8 Å². The molecule has 1 saturated heterocycles. The molecule has 3 aromatic rings. The summed E-state index contributed by atoms with van der Waals surface area (Å²) >= 11 is 6.16. The van der Waals surface area contributed by atoms with Crippen LogP contribution >= 0.6 is 11.6 Å². The maximum Gasteiger partial charge on any atom is 0.245 e. The summed E-state index contributed by atoms with van der Waals surface area (Å²) in [6, 6.07) is 7.93. The van der Waals surface area contributed by atoms with Crippen molar-refractivity contribution in [1.82, 2.24) is 24.2 Å². The molecule has 1 atom stereocenters. The average Bonchev–Trinajstić information content (AvgIpc) is 3.18. The Morgan fingerprint density at radius 3 is 2.57 bits per heavy atom. The van der Waals surface area contributed by atoms with Crippen molar-refractivity contribution in [3.05, 3.63) is 64.8 Å². The van der Waals surface area contributed by atoms with Gasteiger partial charge in [0, 0.05) is 17.9 Å². The maximum absolute atomic E-state index is 13.2. The van der Waals surface area contributed by atoms with E-state index in [4.69, 9.17) is 11.6 Å². The van der Waals surface area contributed by atoms with E-state index < -0.39 is 16.1 Å². The fourth-order valence-electron chi connectivity index (χ4n) is 3.60. The van der Waals surface area contributed by atoms with Gasteiger partial charge in [0.25, 0.3) is 0 Å². The average molecular weight is 445 g/mol. The highest BCUT2D eigenvalue weighted by molar-refractivity contribution is 7.89. The summed E-state index contributed by atoms with van der Waals surface area (Å²) in [5, 5.41) is 3.26. The van der Waals surface area contributed by atoms with Crippen molar-refractivity contribution in [2.45, 2.75) is 37.6 Å². The lowest BCUT2D eigenvalue weighted by atomic mass is 10.2. The molecular weight excluding hydrogens is 424 g/mol. The first-order valence-corrected chi connectivity index (χ1v) is 11.3. The molecule has 0 aliphatic carbocycles. The van der Waals surface area contributed by atoms with Crippen LogP contribution in [-0.2, 0) is 10.0 Å². The van der Waals surface area contributed by atoms with Crippen LogP contribution in [0.15, 0.2) is 47.6 Å². The number of nitrogens with zero attached hydrogens (tertiary/aromatic N) is 5. The van der Waals surface area contributed by atoms with Crippen molar-refractivity contribution in [3.63, 3.8) is 0 Å². The SMILES string of the molecule is Cc1cc(C)nc(Nc2cncc([C@H]3CCCN3S(=O)(=O)c3ccccc3Cl)n2)n1. The van der Waals surface area contributed by atoms with Crippen LogP contribution in [0.1, 0.15) is 36.0 Å². The number of aryl methyl sites for hydroxylation is 2. The van der Waals surface area contributed by atoms with Crippen LogP contribution in [0.4, 0.5) is 11.8 Å². The molecule has 0 radical (unpaired) electrons. The Labute approximate surface area is 180 Å². The summed E-state index contributed by atoms with van der Waals surface area (Å²) in [5.74, 6) is 0.880. The molecule has 1 N–H and O–H groups in total. The van der Waals surface area contributed by atoms with E-state index in [9.17, 15) is 8.42 Å². The minimum absolute atomic E-state index is 0.101. The zero-order valence-electron chi connectivity index (χ0n) is 16.6. The second-order valence-electron chi connectivity index (χ2n) is 7.13. The first-order valence-electron chi connectivity index (χ1n) is 9.52. The van der Waals surface area contributed by atoms with Gasteiger partial charge in [-0.2, -0.15) is 4.31 Å². The molecule has 0 unspecified atom stereocenters. The number of rotatable bonds is 5. The molecule has 3 heterocycles. The Balaban J connectivity index is 1.63. The minimum atomic E-state index is -3.76. The molecule has 8 nitrogen and oxygen atoms in total. The van der Waals surface area contributed by atoms with Crippen molar-refractivity contribution in [2.24, 2.45) is 0 Å². The van der Waals surface area contributed by atoms with Gasteiger partial charge < -0.3 is 5.32 Å². The largest absolute Gasteiger partial charge is 0.307 e. The van der Waals surface area contributed by atoms with E-state index in [0.717, 1.165) is 17.8 Å². The van der Waals surface area contributed by atoms with Gasteiger partial charge in [-0.15, -0.1) is 0 Å². The topological polar surface area (TPSA) is 101 Å². The second kappa shape index (κ2) is 8.25. The lowest BCUT2D eigenvalue weighted by Gasteiger charge is -2.24. The maximum atomic E-state index is 13.2. The highest BCUT2D eigenvalue weighted by atomic mass is 35.5. The molecule has 10 heteroatoms. The predicted molar refractivity (Wildman–Crippen MR) is 114 cm³/mol. The van der Waals surface area contributed by atoms with E-state index in [1.54, 1.807) is 30.6 Å². The van der Waals surface area contributed by atoms with E-state index in [2.05, 4.69) is 25.3 Å². The summed E-state index contributed by atoms with van der Waals surface area (Å²) in [7, 11) is -3.76. The lowest BCUT2D eigenvalue weighted by molar-refractivity contribution is 0.390. The van der Waals surface area contributed by atoms with E-state index in [-0.39, 0.29) is 9.92 Å². The zero-order chi connectivity index (χ0) is 21.3. The van der Waals surface area contributed by atoms with Crippen molar-refractivity contribution < 1.29 is 8.42 Å². The van der Waals surface area contributed by atoms with Crippen molar-refractivity contribution in [3.8, 4) is 0 Å². The van der Waals surface area contributed by atoms with Crippen molar-refractivity contribution in [1.29, 1.82) is 0 Å². The highest BCUT2D eigenvalue weighted by Gasteiger charge is 2.38. The van der Waals surface area contributed by atoms with Crippen LogP contribution in [0.2, 0.25) is 5.02 Å². The standard InChI is InChI=1S/C20H21ClN6O2S/c1-13-10-14(2)24-20(23-13)26-19-12-22-11-16(25-19)17-7-5-9-27(17)30(28,29)18-8-4-3-6-15(18)21/h3-4,6,8,10-12,17H,5,7,9H2,1-2H3,(H,23,24,25,26)/t17-/m1/s1. The normalized spacial score (nSPS) is 17.2. The number of hydrogen-bond donors (Lipinski definition) is 1. The molecule has 0 bridgehead atoms. The number of sulfonamides is 1. The molecule has 2 aromatic heterocycles. The monoisotopic (exact) mass is 444 g/mol. The molecule has 1 aliphatic rings. The van der Waals surface area contributed by atoms with E-state index in [1.165, 1.54) is 10.4 Å². The molecule has 1 aromatic carbocycles. The minimum Gasteiger partial charge on any atom is -0.307 e. The van der Waals surface area contributed by atoms with Gasteiger partial charge in [-0.1, -0.05) is 23.7 Å². The molecule has 1 aliphatic heterocycles. The molecule has 0 saturated carbocycles. The quantitative estimate of drug-likeness (QED) is 0.638. The Morgan fingerprint density at radius 1 is 1.10 bits per heavy atom. The third kappa shape index (κ3) is 4.14. The molecule has 4 rings (SSSR count). The molecule has 0 spiro atoms. The van der Waals surface area contributed by atoms with Crippen LogP contribution in [-0.4, -0.2) is 39.2 Å². The number of nitrogens with one attached hydrogen (secondary N) is 1. The van der Waals surface area contributed by atoms with Gasteiger partial charge in [0.1, 0.15) is 4.90 Å². The summed E-state index contributed by atoms with van der Waals surface area (Å²) in [6.45, 7) is 4.17. The first-order chi connectivity index (χ1) is 14.3. The molecule has 156 valence electrons. The smallest absolute Gasteiger partial charge is 0.245 e. The van der Waals surface area contributed by atoms with E-state index in [0.29, 0.717) is 30.4 Å².